The molecule has 1 spiro atoms. The summed E-state index contributed by atoms with van der Waals surface area (Å²) in [7, 11) is 0.961. The Kier molecular flexibility index (Phi) is 6.92. The monoisotopic (exact) mass is 452 g/mol. The molecule has 7 nitrogen and oxygen atoms in total. The van der Waals surface area contributed by atoms with Gasteiger partial charge in [0.15, 0.2) is 0 Å². The van der Waals surface area contributed by atoms with E-state index in [0.717, 1.165) is 43.0 Å². The first-order valence-electron chi connectivity index (χ1n) is 11.6. The van der Waals surface area contributed by atoms with Crippen molar-refractivity contribution in [1.29, 1.82) is 0 Å². The fourth-order valence-corrected chi connectivity index (χ4v) is 5.49. The van der Waals surface area contributed by atoms with Crippen molar-refractivity contribution in [2.24, 2.45) is 0 Å². The highest BCUT2D eigenvalue weighted by molar-refractivity contribution is 6.76. The fraction of sp³-hybridized carbons (Fsp3) is 0.542. The number of methoxy groups -OCH3 is 1. The van der Waals surface area contributed by atoms with Gasteiger partial charge in [0.25, 0.3) is 0 Å². The second-order valence-corrected chi connectivity index (χ2v) is 15.8. The van der Waals surface area contributed by atoms with E-state index in [9.17, 15) is 0 Å². The number of nitrogens with zero attached hydrogens (tertiary/aromatic N) is 4. The van der Waals surface area contributed by atoms with Crippen molar-refractivity contribution in [3.8, 4) is 11.1 Å². The summed E-state index contributed by atoms with van der Waals surface area (Å²) in [6, 6.07) is 3.42. The van der Waals surface area contributed by atoms with Gasteiger partial charge in [-0.1, -0.05) is 19.6 Å². The predicted molar refractivity (Wildman–Crippen MR) is 134 cm³/mol. The molecule has 32 heavy (non-hydrogen) atoms. The molecule has 0 aromatic carbocycles. The molecule has 2 saturated heterocycles. The maximum absolute atomic E-state index is 4.95. The first kappa shape index (κ1) is 22.9. The molecule has 5 heterocycles. The van der Waals surface area contributed by atoms with Crippen molar-refractivity contribution in [3.63, 3.8) is 0 Å². The van der Waals surface area contributed by atoms with Crippen LogP contribution >= 0.6 is 0 Å². The highest BCUT2D eigenvalue weighted by Gasteiger charge is 2.40. The summed E-state index contributed by atoms with van der Waals surface area (Å²) in [5.74, 6) is 0. The Balaban J connectivity index is 0.000000265. The molecular formula is C24H36N6OSi. The molecular weight excluding hydrogens is 416 g/mol. The van der Waals surface area contributed by atoms with Crippen LogP contribution in [0.4, 0.5) is 5.69 Å². The van der Waals surface area contributed by atoms with Crippen LogP contribution in [0.2, 0.25) is 25.7 Å². The van der Waals surface area contributed by atoms with Crippen molar-refractivity contribution >= 4 is 24.8 Å². The van der Waals surface area contributed by atoms with Gasteiger partial charge in [-0.3, -0.25) is 0 Å². The Morgan fingerprint density at radius 1 is 1.19 bits per heavy atom. The van der Waals surface area contributed by atoms with Gasteiger partial charge < -0.3 is 19.9 Å². The lowest BCUT2D eigenvalue weighted by atomic mass is 9.97. The summed E-state index contributed by atoms with van der Waals surface area (Å²) in [6.45, 7) is 11.3. The number of anilines is 1. The van der Waals surface area contributed by atoms with E-state index in [1.807, 2.05) is 24.8 Å². The van der Waals surface area contributed by atoms with Crippen LogP contribution in [0.5, 0.6) is 0 Å². The number of aromatic amines is 1. The predicted octanol–water partition coefficient (Wildman–Crippen LogP) is 4.32. The Labute approximate surface area is 192 Å². The third-order valence-corrected chi connectivity index (χ3v) is 8.21. The minimum Gasteiger partial charge on any atom is -0.385 e. The molecule has 3 aromatic heterocycles. The van der Waals surface area contributed by atoms with Crippen LogP contribution in [0.25, 0.3) is 22.2 Å². The zero-order chi connectivity index (χ0) is 22.6. The molecule has 5 rings (SSSR count). The van der Waals surface area contributed by atoms with Gasteiger partial charge in [-0.15, -0.1) is 0 Å². The van der Waals surface area contributed by atoms with Crippen LogP contribution in [-0.4, -0.2) is 66.9 Å². The molecule has 2 fully saturated rings. The highest BCUT2D eigenvalue weighted by Crippen LogP contribution is 2.39. The number of nitrogens with one attached hydrogen (secondary N) is 2. The summed E-state index contributed by atoms with van der Waals surface area (Å²) in [5, 5.41) is 4.90. The standard InChI is InChI=1S/C18H20N6.C6H16OSi/c1-3-18(23-5-1)4-7-24(11-18)15-2-6-21-17-16(15)14(10-22-17)13-8-19-12-20-9-13;1-7-5-6-8(2,3)4/h2,6,8-10,12,23H,1,3-5,7,11H2,(H,21,22);5-6H2,1-4H3. The van der Waals surface area contributed by atoms with E-state index >= 15 is 0 Å². The van der Waals surface area contributed by atoms with Crippen LogP contribution in [0.15, 0.2) is 37.2 Å². The Morgan fingerprint density at radius 2 is 2.00 bits per heavy atom. The summed E-state index contributed by atoms with van der Waals surface area (Å²) < 4.78 is 4.95. The van der Waals surface area contributed by atoms with E-state index in [1.54, 1.807) is 13.4 Å². The third kappa shape index (κ3) is 5.19. The van der Waals surface area contributed by atoms with E-state index < -0.39 is 8.07 Å². The first-order chi connectivity index (χ1) is 15.4. The minimum atomic E-state index is -0.803. The van der Waals surface area contributed by atoms with Gasteiger partial charge in [-0.25, -0.2) is 15.0 Å². The molecule has 8 heteroatoms. The normalized spacial score (nSPS) is 20.7. The average molecular weight is 453 g/mol. The van der Waals surface area contributed by atoms with Gasteiger partial charge in [0.05, 0.1) is 5.39 Å². The van der Waals surface area contributed by atoms with Gasteiger partial charge in [0.2, 0.25) is 0 Å². The lowest BCUT2D eigenvalue weighted by Gasteiger charge is -2.26. The van der Waals surface area contributed by atoms with Crippen molar-refractivity contribution in [1.82, 2.24) is 25.3 Å². The number of hydrogen-bond donors (Lipinski definition) is 2. The fourth-order valence-electron chi connectivity index (χ4n) is 4.67. The van der Waals surface area contributed by atoms with Crippen LogP contribution < -0.4 is 10.2 Å². The smallest absolute Gasteiger partial charge is 0.139 e. The number of H-pyrrole nitrogens is 1. The number of rotatable bonds is 5. The molecule has 0 saturated carbocycles. The number of aromatic nitrogens is 4. The van der Waals surface area contributed by atoms with E-state index in [-0.39, 0.29) is 0 Å². The zero-order valence-corrected chi connectivity index (χ0v) is 20.8. The molecule has 1 atom stereocenters. The number of hydrogen-bond acceptors (Lipinski definition) is 6. The summed E-state index contributed by atoms with van der Waals surface area (Å²) >= 11 is 0. The van der Waals surface area contributed by atoms with Gasteiger partial charge in [-0.2, -0.15) is 0 Å². The lowest BCUT2D eigenvalue weighted by Crippen LogP contribution is -2.42. The van der Waals surface area contributed by atoms with Gasteiger partial charge in [0.1, 0.15) is 12.0 Å². The molecule has 0 bridgehead atoms. The quantitative estimate of drug-likeness (QED) is 0.561. The lowest BCUT2D eigenvalue weighted by molar-refractivity contribution is 0.214. The molecule has 2 aliphatic rings. The van der Waals surface area contributed by atoms with Crippen LogP contribution in [0.1, 0.15) is 19.3 Å². The van der Waals surface area contributed by atoms with Gasteiger partial charge in [-0.05, 0) is 37.9 Å². The molecule has 1 unspecified atom stereocenters. The molecule has 0 radical (unpaired) electrons. The third-order valence-electron chi connectivity index (χ3n) is 6.51. The molecule has 2 N–H and O–H groups in total. The second kappa shape index (κ2) is 9.68. The van der Waals surface area contributed by atoms with Crippen LogP contribution in [0.3, 0.4) is 0 Å². The van der Waals surface area contributed by atoms with Crippen LogP contribution in [0, 0.1) is 0 Å². The van der Waals surface area contributed by atoms with Crippen molar-refractivity contribution in [2.75, 3.05) is 38.3 Å². The van der Waals surface area contributed by atoms with Crippen molar-refractivity contribution < 1.29 is 4.74 Å². The van der Waals surface area contributed by atoms with E-state index in [4.69, 9.17) is 4.74 Å². The topological polar surface area (TPSA) is 79.0 Å². The zero-order valence-electron chi connectivity index (χ0n) is 19.8. The molecule has 2 aliphatic heterocycles. The SMILES string of the molecule is COCC[Si](C)(C)C.c1ncc(-c2c[nH]c3nccc(N4CCC5(CCCN5)C4)c23)cn1. The van der Waals surface area contributed by atoms with Crippen molar-refractivity contribution in [2.45, 2.75) is 50.5 Å². The maximum atomic E-state index is 4.95. The Hall–Kier alpha value is -2.29. The molecule has 172 valence electrons. The first-order valence-corrected chi connectivity index (χ1v) is 15.3. The molecule has 0 aliphatic carbocycles. The van der Waals surface area contributed by atoms with E-state index in [2.05, 4.69) is 55.9 Å². The number of ether oxygens (including phenoxy) is 1. The van der Waals surface area contributed by atoms with E-state index in [0.29, 0.717) is 5.54 Å². The minimum absolute atomic E-state index is 0.307. The molecule has 0 amide bonds. The summed E-state index contributed by atoms with van der Waals surface area (Å²) in [5.41, 5.74) is 4.62. The second-order valence-electron chi connectivity index (χ2n) is 10.2. The highest BCUT2D eigenvalue weighted by atomic mass is 28.3. The number of fused-ring (bicyclic) bond motifs is 1. The Bertz CT molecular complexity index is 1010. The number of pyridine rings is 1. The van der Waals surface area contributed by atoms with Crippen molar-refractivity contribution in [3.05, 3.63) is 37.2 Å². The largest absolute Gasteiger partial charge is 0.385 e. The molecule has 3 aromatic rings. The average Bonchev–Trinajstić information content (AvgIpc) is 3.53. The van der Waals surface area contributed by atoms with Gasteiger partial charge in [0, 0.05) is 82.0 Å². The summed E-state index contributed by atoms with van der Waals surface area (Å²) in [4.78, 5) is 18.6. The van der Waals surface area contributed by atoms with Crippen LogP contribution in [-0.2, 0) is 4.74 Å². The van der Waals surface area contributed by atoms with E-state index in [1.165, 1.54) is 36.4 Å². The Morgan fingerprint density at radius 3 is 2.66 bits per heavy atom. The summed E-state index contributed by atoms with van der Waals surface area (Å²) in [6.07, 6.45) is 13.0. The maximum Gasteiger partial charge on any atom is 0.139 e. The van der Waals surface area contributed by atoms with Gasteiger partial charge >= 0.3 is 0 Å².